The third-order valence-electron chi connectivity index (χ3n) is 6.23. The van der Waals surface area contributed by atoms with Gasteiger partial charge in [-0.2, -0.15) is 17.6 Å². The fourth-order valence-corrected chi connectivity index (χ4v) is 4.58. The molecule has 1 aliphatic heterocycles. The molecule has 1 aliphatic rings. The summed E-state index contributed by atoms with van der Waals surface area (Å²) in [4.78, 5) is 2.25. The number of benzene rings is 2. The van der Waals surface area contributed by atoms with E-state index in [1.807, 2.05) is 0 Å². The van der Waals surface area contributed by atoms with E-state index in [0.717, 1.165) is 49.7 Å². The van der Waals surface area contributed by atoms with Gasteiger partial charge in [-0.15, -0.1) is 0 Å². The molecule has 0 radical (unpaired) electrons. The molecule has 5 nitrogen and oxygen atoms in total. The van der Waals surface area contributed by atoms with E-state index in [1.165, 1.54) is 24.3 Å². The van der Waals surface area contributed by atoms with Crippen molar-refractivity contribution in [2.75, 3.05) is 13.2 Å². The third kappa shape index (κ3) is 8.14. The molecular weight excluding hydrogens is 454 g/mol. The van der Waals surface area contributed by atoms with Crippen molar-refractivity contribution < 1.29 is 37.2 Å². The SMILES string of the molecule is OC[C@H](O)CN1[C@H](CCc2ccc(OC(F)F)cc2)CC[C@@H]1CCc1ccc(OC(F)F)cc1. The Kier molecular flexibility index (Phi) is 9.98. The van der Waals surface area contributed by atoms with E-state index in [-0.39, 0.29) is 30.2 Å². The van der Waals surface area contributed by atoms with Gasteiger partial charge in [-0.25, -0.2) is 0 Å². The fraction of sp³-hybridized carbons (Fsp3) is 0.520. The van der Waals surface area contributed by atoms with Gasteiger partial charge in [-0.1, -0.05) is 24.3 Å². The maximum atomic E-state index is 12.3. The molecule has 0 aromatic heterocycles. The second kappa shape index (κ2) is 12.9. The van der Waals surface area contributed by atoms with Gasteiger partial charge in [-0.3, -0.25) is 4.90 Å². The number of ether oxygens (including phenoxy) is 2. The summed E-state index contributed by atoms with van der Waals surface area (Å²) in [7, 11) is 0. The van der Waals surface area contributed by atoms with E-state index in [2.05, 4.69) is 14.4 Å². The van der Waals surface area contributed by atoms with E-state index in [1.54, 1.807) is 24.3 Å². The third-order valence-corrected chi connectivity index (χ3v) is 6.23. The maximum absolute atomic E-state index is 12.3. The highest BCUT2D eigenvalue weighted by Crippen LogP contribution is 2.31. The van der Waals surface area contributed by atoms with Crippen LogP contribution >= 0.6 is 0 Å². The van der Waals surface area contributed by atoms with Gasteiger partial charge in [0.2, 0.25) is 0 Å². The summed E-state index contributed by atoms with van der Waals surface area (Å²) in [6, 6.07) is 13.7. The van der Waals surface area contributed by atoms with Crippen LogP contribution < -0.4 is 9.47 Å². The normalized spacial score (nSPS) is 19.6. The summed E-state index contributed by atoms with van der Waals surface area (Å²) in [6.45, 7) is -5.64. The minimum atomic E-state index is -2.85. The van der Waals surface area contributed by atoms with Gasteiger partial charge in [0.05, 0.1) is 12.7 Å². The molecule has 3 rings (SSSR count). The van der Waals surface area contributed by atoms with Gasteiger partial charge in [0.15, 0.2) is 0 Å². The molecular formula is C25H31F4NO4. The van der Waals surface area contributed by atoms with Crippen molar-refractivity contribution in [1.82, 2.24) is 4.90 Å². The van der Waals surface area contributed by atoms with Gasteiger partial charge in [0, 0.05) is 18.6 Å². The molecule has 2 aromatic carbocycles. The average Bonchev–Trinajstić information content (AvgIpc) is 3.18. The van der Waals surface area contributed by atoms with Crippen LogP contribution in [0.5, 0.6) is 11.5 Å². The van der Waals surface area contributed by atoms with Crippen LogP contribution in [0.3, 0.4) is 0 Å². The van der Waals surface area contributed by atoms with E-state index in [9.17, 15) is 27.8 Å². The molecule has 34 heavy (non-hydrogen) atoms. The van der Waals surface area contributed by atoms with Crippen molar-refractivity contribution in [3.8, 4) is 11.5 Å². The molecule has 1 saturated heterocycles. The number of aliphatic hydroxyl groups is 2. The highest BCUT2D eigenvalue weighted by Gasteiger charge is 2.33. The fourth-order valence-electron chi connectivity index (χ4n) is 4.58. The Bertz CT molecular complexity index is 785. The van der Waals surface area contributed by atoms with Crippen LogP contribution in [0.15, 0.2) is 48.5 Å². The molecule has 3 atom stereocenters. The second-order valence-electron chi connectivity index (χ2n) is 8.54. The summed E-state index contributed by atoms with van der Waals surface area (Å²) in [5.41, 5.74) is 2.03. The Labute approximate surface area is 196 Å². The van der Waals surface area contributed by atoms with Crippen molar-refractivity contribution in [3.63, 3.8) is 0 Å². The average molecular weight is 486 g/mol. The first-order valence-corrected chi connectivity index (χ1v) is 11.5. The molecule has 1 fully saturated rings. The van der Waals surface area contributed by atoms with Crippen LogP contribution in [-0.2, 0) is 12.8 Å². The van der Waals surface area contributed by atoms with Crippen LogP contribution in [0.2, 0.25) is 0 Å². The Balaban J connectivity index is 1.55. The Morgan fingerprint density at radius 3 is 1.53 bits per heavy atom. The lowest BCUT2D eigenvalue weighted by Gasteiger charge is -2.32. The van der Waals surface area contributed by atoms with Crippen molar-refractivity contribution >= 4 is 0 Å². The van der Waals surface area contributed by atoms with E-state index in [4.69, 9.17) is 0 Å². The first kappa shape index (κ1) is 26.2. The zero-order chi connectivity index (χ0) is 24.5. The van der Waals surface area contributed by atoms with E-state index >= 15 is 0 Å². The topological polar surface area (TPSA) is 62.2 Å². The number of likely N-dealkylation sites (tertiary alicyclic amines) is 1. The number of hydrogen-bond acceptors (Lipinski definition) is 5. The number of alkyl halides is 4. The predicted molar refractivity (Wildman–Crippen MR) is 119 cm³/mol. The molecule has 188 valence electrons. The van der Waals surface area contributed by atoms with Gasteiger partial charge < -0.3 is 19.7 Å². The number of rotatable bonds is 13. The summed E-state index contributed by atoms with van der Waals surface area (Å²) < 4.78 is 58.1. The van der Waals surface area contributed by atoms with Crippen LogP contribution in [0.4, 0.5) is 17.6 Å². The van der Waals surface area contributed by atoms with Crippen molar-refractivity contribution in [3.05, 3.63) is 59.7 Å². The monoisotopic (exact) mass is 485 g/mol. The Morgan fingerprint density at radius 2 is 1.18 bits per heavy atom. The van der Waals surface area contributed by atoms with Gasteiger partial charge in [-0.05, 0) is 73.9 Å². The first-order chi connectivity index (χ1) is 16.3. The smallest absolute Gasteiger partial charge is 0.387 e. The van der Waals surface area contributed by atoms with Crippen molar-refractivity contribution in [1.29, 1.82) is 0 Å². The molecule has 0 amide bonds. The zero-order valence-electron chi connectivity index (χ0n) is 18.8. The highest BCUT2D eigenvalue weighted by molar-refractivity contribution is 5.28. The summed E-state index contributed by atoms with van der Waals surface area (Å²) in [5, 5.41) is 19.4. The molecule has 2 aromatic rings. The molecule has 0 bridgehead atoms. The molecule has 0 aliphatic carbocycles. The Morgan fingerprint density at radius 1 is 0.765 bits per heavy atom. The summed E-state index contributed by atoms with van der Waals surface area (Å²) in [5.74, 6) is 0.252. The molecule has 9 heteroatoms. The molecule has 2 N–H and O–H groups in total. The standard InChI is InChI=1S/C25H31F4NO4/c26-24(27)33-22-11-3-17(4-12-22)1-7-19-9-10-20(30(19)15-21(32)16-31)8-2-18-5-13-23(14-6-18)34-25(28)29/h3-6,11-14,19-21,24-25,31-32H,1-2,7-10,15-16H2/t19-,20+,21-/m1/s1. The van der Waals surface area contributed by atoms with Gasteiger partial charge in [0.25, 0.3) is 0 Å². The largest absolute Gasteiger partial charge is 0.435 e. The lowest BCUT2D eigenvalue weighted by atomic mass is 10.0. The molecule has 0 unspecified atom stereocenters. The van der Waals surface area contributed by atoms with Crippen LogP contribution in [-0.4, -0.2) is 59.7 Å². The van der Waals surface area contributed by atoms with Crippen LogP contribution in [0, 0.1) is 0 Å². The predicted octanol–water partition coefficient (Wildman–Crippen LogP) is 4.64. The minimum absolute atomic E-state index is 0.126. The maximum Gasteiger partial charge on any atom is 0.387 e. The lowest BCUT2D eigenvalue weighted by molar-refractivity contribution is -0.0505. The summed E-state index contributed by atoms with van der Waals surface area (Å²) in [6.07, 6.45) is 4.26. The molecule has 1 heterocycles. The number of nitrogens with zero attached hydrogens (tertiary/aromatic N) is 1. The second-order valence-corrected chi connectivity index (χ2v) is 8.54. The van der Waals surface area contributed by atoms with E-state index in [0.29, 0.717) is 6.54 Å². The number of hydrogen-bond donors (Lipinski definition) is 2. The highest BCUT2D eigenvalue weighted by atomic mass is 19.3. The van der Waals surface area contributed by atoms with Crippen molar-refractivity contribution in [2.24, 2.45) is 0 Å². The van der Waals surface area contributed by atoms with Gasteiger partial charge in [0.1, 0.15) is 11.5 Å². The van der Waals surface area contributed by atoms with E-state index < -0.39 is 19.3 Å². The molecule has 0 spiro atoms. The number of halogens is 4. The number of β-amino-alcohol motifs (C(OH)–C–C–N with tert-alkyl or cyclic N) is 1. The number of aryl methyl sites for hydroxylation is 2. The van der Waals surface area contributed by atoms with Gasteiger partial charge >= 0.3 is 13.2 Å². The van der Waals surface area contributed by atoms with Crippen LogP contribution in [0.25, 0.3) is 0 Å². The Hall–Kier alpha value is -2.36. The quantitative estimate of drug-likeness (QED) is 0.405. The lowest BCUT2D eigenvalue weighted by Crippen LogP contribution is -2.42. The van der Waals surface area contributed by atoms with Crippen LogP contribution in [0.1, 0.15) is 36.8 Å². The zero-order valence-corrected chi connectivity index (χ0v) is 18.8. The minimum Gasteiger partial charge on any atom is -0.435 e. The number of aliphatic hydroxyl groups excluding tert-OH is 2. The van der Waals surface area contributed by atoms with Crippen molar-refractivity contribution in [2.45, 2.75) is 69.9 Å². The summed E-state index contributed by atoms with van der Waals surface area (Å²) >= 11 is 0. The first-order valence-electron chi connectivity index (χ1n) is 11.5. The molecule has 0 saturated carbocycles.